The van der Waals surface area contributed by atoms with Crippen molar-refractivity contribution < 1.29 is 8.42 Å². The van der Waals surface area contributed by atoms with E-state index in [1.807, 2.05) is 0 Å². The Morgan fingerprint density at radius 3 is 2.81 bits per heavy atom. The van der Waals surface area contributed by atoms with Gasteiger partial charge in [0, 0.05) is 6.54 Å². The Hall–Kier alpha value is -0.920. The molecule has 1 aliphatic rings. The molecule has 1 fully saturated rings. The Morgan fingerprint density at radius 2 is 2.19 bits per heavy atom. The summed E-state index contributed by atoms with van der Waals surface area (Å²) in [7, 11) is -3.40. The van der Waals surface area contributed by atoms with Crippen LogP contribution in [0.2, 0.25) is 0 Å². The number of imidazole rings is 1. The van der Waals surface area contributed by atoms with Crippen LogP contribution in [-0.2, 0) is 10.0 Å². The topological polar surface area (TPSA) is 86.9 Å². The quantitative estimate of drug-likeness (QED) is 0.678. The van der Waals surface area contributed by atoms with Gasteiger partial charge in [0.05, 0.1) is 12.5 Å². The Balaban J connectivity index is 1.89. The van der Waals surface area contributed by atoms with Gasteiger partial charge in [0.1, 0.15) is 0 Å². The fourth-order valence-electron chi connectivity index (χ4n) is 1.78. The SMILES string of the molecule is O=S(=O)(NCC1CCNCC1)c1cnc[nH]1. The van der Waals surface area contributed by atoms with Crippen molar-refractivity contribution in [2.75, 3.05) is 19.6 Å². The first kappa shape index (κ1) is 11.6. The molecule has 90 valence electrons. The van der Waals surface area contributed by atoms with E-state index < -0.39 is 10.0 Å². The Kier molecular flexibility index (Phi) is 3.57. The lowest BCUT2D eigenvalue weighted by molar-refractivity contribution is 0.372. The molecule has 0 aliphatic carbocycles. The molecular formula is C9H16N4O2S. The molecule has 0 saturated carbocycles. The van der Waals surface area contributed by atoms with Crippen molar-refractivity contribution in [2.45, 2.75) is 17.9 Å². The predicted molar refractivity (Wildman–Crippen MR) is 59.4 cm³/mol. The number of nitrogens with one attached hydrogen (secondary N) is 3. The fourth-order valence-corrected chi connectivity index (χ4v) is 2.80. The molecule has 3 N–H and O–H groups in total. The molecule has 0 radical (unpaired) electrons. The van der Waals surface area contributed by atoms with Crippen molar-refractivity contribution in [3.8, 4) is 0 Å². The van der Waals surface area contributed by atoms with Crippen molar-refractivity contribution in [3.05, 3.63) is 12.5 Å². The first-order valence-corrected chi connectivity index (χ1v) is 6.85. The highest BCUT2D eigenvalue weighted by Crippen LogP contribution is 2.11. The highest BCUT2D eigenvalue weighted by Gasteiger charge is 2.19. The Bertz CT molecular complexity index is 409. The minimum Gasteiger partial charge on any atom is -0.335 e. The van der Waals surface area contributed by atoms with E-state index in [2.05, 4.69) is 20.0 Å². The molecule has 0 spiro atoms. The number of aromatic nitrogens is 2. The van der Waals surface area contributed by atoms with Crippen molar-refractivity contribution in [1.82, 2.24) is 20.0 Å². The van der Waals surface area contributed by atoms with Crippen LogP contribution in [0.1, 0.15) is 12.8 Å². The smallest absolute Gasteiger partial charge is 0.257 e. The second-order valence-electron chi connectivity index (χ2n) is 3.96. The molecule has 0 amide bonds. The second-order valence-corrected chi connectivity index (χ2v) is 5.70. The Labute approximate surface area is 94.9 Å². The maximum Gasteiger partial charge on any atom is 0.257 e. The number of hydrogen-bond donors (Lipinski definition) is 3. The van der Waals surface area contributed by atoms with Gasteiger partial charge in [0.25, 0.3) is 10.0 Å². The van der Waals surface area contributed by atoms with E-state index >= 15 is 0 Å². The molecule has 0 bridgehead atoms. The largest absolute Gasteiger partial charge is 0.335 e. The van der Waals surface area contributed by atoms with Crippen LogP contribution in [0.25, 0.3) is 0 Å². The monoisotopic (exact) mass is 244 g/mol. The zero-order chi connectivity index (χ0) is 11.4. The van der Waals surface area contributed by atoms with Gasteiger partial charge in [-0.15, -0.1) is 0 Å². The third-order valence-electron chi connectivity index (χ3n) is 2.78. The van der Waals surface area contributed by atoms with Crippen LogP contribution in [0.15, 0.2) is 17.6 Å². The maximum atomic E-state index is 11.7. The van der Waals surface area contributed by atoms with E-state index in [1.165, 1.54) is 12.5 Å². The van der Waals surface area contributed by atoms with E-state index in [0.29, 0.717) is 12.5 Å². The van der Waals surface area contributed by atoms with Gasteiger partial charge in [0.15, 0.2) is 5.03 Å². The van der Waals surface area contributed by atoms with Crippen LogP contribution >= 0.6 is 0 Å². The summed E-state index contributed by atoms with van der Waals surface area (Å²) in [4.78, 5) is 6.29. The highest BCUT2D eigenvalue weighted by molar-refractivity contribution is 7.89. The lowest BCUT2D eigenvalue weighted by Crippen LogP contribution is -2.36. The van der Waals surface area contributed by atoms with Gasteiger partial charge in [-0.05, 0) is 31.8 Å². The summed E-state index contributed by atoms with van der Waals surface area (Å²) in [6, 6.07) is 0. The van der Waals surface area contributed by atoms with Gasteiger partial charge in [-0.1, -0.05) is 0 Å². The molecule has 1 aliphatic heterocycles. The van der Waals surface area contributed by atoms with Gasteiger partial charge in [-0.25, -0.2) is 18.1 Å². The number of aromatic amines is 1. The van der Waals surface area contributed by atoms with E-state index in [0.717, 1.165) is 25.9 Å². The molecule has 0 atom stereocenters. The van der Waals surface area contributed by atoms with Gasteiger partial charge in [-0.3, -0.25) is 0 Å². The molecular weight excluding hydrogens is 228 g/mol. The lowest BCUT2D eigenvalue weighted by Gasteiger charge is -2.22. The third kappa shape index (κ3) is 2.81. The van der Waals surface area contributed by atoms with Crippen molar-refractivity contribution >= 4 is 10.0 Å². The van der Waals surface area contributed by atoms with Crippen molar-refractivity contribution in [2.24, 2.45) is 5.92 Å². The summed E-state index contributed by atoms with van der Waals surface area (Å²) in [5, 5.41) is 3.37. The van der Waals surface area contributed by atoms with Crippen molar-refractivity contribution in [1.29, 1.82) is 0 Å². The summed E-state index contributed by atoms with van der Waals surface area (Å²) in [5.41, 5.74) is 0. The number of H-pyrrole nitrogens is 1. The normalized spacial score (nSPS) is 18.8. The summed E-state index contributed by atoms with van der Waals surface area (Å²) < 4.78 is 26.1. The van der Waals surface area contributed by atoms with Gasteiger partial charge >= 0.3 is 0 Å². The number of nitrogens with zero attached hydrogens (tertiary/aromatic N) is 1. The van der Waals surface area contributed by atoms with E-state index in [1.54, 1.807) is 0 Å². The standard InChI is InChI=1S/C9H16N4O2S/c14-16(15,9-6-11-7-12-9)13-5-8-1-3-10-4-2-8/h6-8,10,13H,1-5H2,(H,11,12). The molecule has 16 heavy (non-hydrogen) atoms. The van der Waals surface area contributed by atoms with Gasteiger partial charge in [0.2, 0.25) is 0 Å². The number of hydrogen-bond acceptors (Lipinski definition) is 4. The highest BCUT2D eigenvalue weighted by atomic mass is 32.2. The van der Waals surface area contributed by atoms with E-state index in [9.17, 15) is 8.42 Å². The van der Waals surface area contributed by atoms with Crippen LogP contribution < -0.4 is 10.0 Å². The number of rotatable bonds is 4. The molecule has 1 aromatic rings. The average Bonchev–Trinajstić information content (AvgIpc) is 2.82. The zero-order valence-corrected chi connectivity index (χ0v) is 9.76. The maximum absolute atomic E-state index is 11.7. The van der Waals surface area contributed by atoms with Crippen LogP contribution in [0, 0.1) is 5.92 Å². The van der Waals surface area contributed by atoms with E-state index in [-0.39, 0.29) is 5.03 Å². The Morgan fingerprint density at radius 1 is 1.44 bits per heavy atom. The van der Waals surface area contributed by atoms with Gasteiger partial charge < -0.3 is 10.3 Å². The first-order chi connectivity index (χ1) is 7.68. The molecule has 2 heterocycles. The van der Waals surface area contributed by atoms with Crippen LogP contribution in [-0.4, -0.2) is 38.0 Å². The summed E-state index contributed by atoms with van der Waals surface area (Å²) in [6.07, 6.45) is 4.71. The summed E-state index contributed by atoms with van der Waals surface area (Å²) in [6.45, 7) is 2.44. The molecule has 2 rings (SSSR count). The predicted octanol–water partition coefficient (Wildman–Crippen LogP) is -0.312. The minimum absolute atomic E-state index is 0.126. The zero-order valence-electron chi connectivity index (χ0n) is 8.94. The number of piperidine rings is 1. The van der Waals surface area contributed by atoms with Crippen LogP contribution in [0.4, 0.5) is 0 Å². The van der Waals surface area contributed by atoms with E-state index in [4.69, 9.17) is 0 Å². The first-order valence-electron chi connectivity index (χ1n) is 5.37. The number of sulfonamides is 1. The fraction of sp³-hybridized carbons (Fsp3) is 0.667. The average molecular weight is 244 g/mol. The van der Waals surface area contributed by atoms with Gasteiger partial charge in [-0.2, -0.15) is 0 Å². The van der Waals surface area contributed by atoms with Crippen LogP contribution in [0.5, 0.6) is 0 Å². The molecule has 6 nitrogen and oxygen atoms in total. The summed E-state index contributed by atoms with van der Waals surface area (Å²) in [5.74, 6) is 0.430. The lowest BCUT2D eigenvalue weighted by atomic mass is 9.99. The molecule has 7 heteroatoms. The molecule has 1 saturated heterocycles. The summed E-state index contributed by atoms with van der Waals surface area (Å²) >= 11 is 0. The van der Waals surface area contributed by atoms with Crippen LogP contribution in [0.3, 0.4) is 0 Å². The van der Waals surface area contributed by atoms with Crippen molar-refractivity contribution in [3.63, 3.8) is 0 Å². The second kappa shape index (κ2) is 4.94. The molecule has 1 aromatic heterocycles. The molecule has 0 aromatic carbocycles. The third-order valence-corrected chi connectivity index (χ3v) is 4.13. The minimum atomic E-state index is -3.40. The molecule has 0 unspecified atom stereocenters.